The monoisotopic (exact) mass is 263 g/mol. The molecular formula is C16H29N3. The van der Waals surface area contributed by atoms with Crippen LogP contribution in [0.2, 0.25) is 0 Å². The predicted molar refractivity (Wildman–Crippen MR) is 81.4 cm³/mol. The van der Waals surface area contributed by atoms with E-state index in [-0.39, 0.29) is 0 Å². The molecule has 1 aromatic rings. The molecule has 1 fully saturated rings. The van der Waals surface area contributed by atoms with Crippen LogP contribution in [0, 0.1) is 19.8 Å². The minimum atomic E-state index is 0.930. The maximum absolute atomic E-state index is 3.59. The van der Waals surface area contributed by atoms with Gasteiger partial charge >= 0.3 is 0 Å². The summed E-state index contributed by atoms with van der Waals surface area (Å²) in [4.78, 5) is 2.59. The van der Waals surface area contributed by atoms with Crippen LogP contribution in [0.1, 0.15) is 36.7 Å². The molecule has 0 aliphatic carbocycles. The summed E-state index contributed by atoms with van der Waals surface area (Å²) in [5, 5.41) is 3.59. The normalized spacial score (nSPS) is 18.1. The molecule has 3 nitrogen and oxygen atoms in total. The molecule has 0 aromatic carbocycles. The number of nitrogens with zero attached hydrogens (tertiary/aromatic N) is 2. The van der Waals surface area contributed by atoms with E-state index in [1.807, 2.05) is 0 Å². The fourth-order valence-electron chi connectivity index (χ4n) is 2.86. The van der Waals surface area contributed by atoms with Gasteiger partial charge in [0.05, 0.1) is 0 Å². The summed E-state index contributed by atoms with van der Waals surface area (Å²) in [7, 11) is 2.14. The average molecular weight is 263 g/mol. The van der Waals surface area contributed by atoms with Crippen LogP contribution in [-0.2, 0) is 13.6 Å². The molecule has 0 spiro atoms. The number of aryl methyl sites for hydroxylation is 1. The molecule has 0 saturated carbocycles. The Morgan fingerprint density at radius 3 is 2.53 bits per heavy atom. The first-order valence-electron chi connectivity index (χ1n) is 7.62. The highest BCUT2D eigenvalue weighted by atomic mass is 15.1. The second-order valence-electron chi connectivity index (χ2n) is 6.16. The van der Waals surface area contributed by atoms with Crippen LogP contribution in [0.4, 0.5) is 0 Å². The second kappa shape index (κ2) is 6.58. The highest BCUT2D eigenvalue weighted by molar-refractivity contribution is 5.26. The number of hydrogen-bond donors (Lipinski definition) is 1. The van der Waals surface area contributed by atoms with Gasteiger partial charge < -0.3 is 14.8 Å². The van der Waals surface area contributed by atoms with Crippen molar-refractivity contribution in [2.45, 2.75) is 40.2 Å². The summed E-state index contributed by atoms with van der Waals surface area (Å²) in [6.07, 6.45) is 2.74. The number of rotatable bonds is 5. The Balaban J connectivity index is 1.68. The van der Waals surface area contributed by atoms with Gasteiger partial charge in [0.25, 0.3) is 0 Å². The second-order valence-corrected chi connectivity index (χ2v) is 6.16. The van der Waals surface area contributed by atoms with E-state index in [1.54, 1.807) is 0 Å². The third-order valence-electron chi connectivity index (χ3n) is 4.68. The molecule has 1 aliphatic rings. The van der Waals surface area contributed by atoms with Gasteiger partial charge in [-0.15, -0.1) is 0 Å². The van der Waals surface area contributed by atoms with Crippen molar-refractivity contribution in [2.75, 3.05) is 26.2 Å². The smallest absolute Gasteiger partial charge is 0.0223 e. The molecule has 0 unspecified atom stereocenters. The number of likely N-dealkylation sites (tertiary alicyclic amines) is 1. The summed E-state index contributed by atoms with van der Waals surface area (Å²) in [6, 6.07) is 2.30. The first-order chi connectivity index (χ1) is 9.08. The summed E-state index contributed by atoms with van der Waals surface area (Å²) in [5.41, 5.74) is 4.17. The van der Waals surface area contributed by atoms with Gasteiger partial charge in [-0.25, -0.2) is 0 Å². The molecule has 19 heavy (non-hydrogen) atoms. The van der Waals surface area contributed by atoms with Gasteiger partial charge in [-0.1, -0.05) is 6.92 Å². The van der Waals surface area contributed by atoms with E-state index in [0.717, 1.165) is 19.0 Å². The van der Waals surface area contributed by atoms with Crippen molar-refractivity contribution in [1.29, 1.82) is 0 Å². The Hall–Kier alpha value is -0.800. The molecule has 0 atom stereocenters. The highest BCUT2D eigenvalue weighted by Gasteiger charge is 2.14. The average Bonchev–Trinajstić information content (AvgIpc) is 2.64. The van der Waals surface area contributed by atoms with Gasteiger partial charge in [0, 0.05) is 38.1 Å². The number of nitrogens with one attached hydrogen (secondary N) is 1. The van der Waals surface area contributed by atoms with Crippen molar-refractivity contribution < 1.29 is 0 Å². The largest absolute Gasteiger partial charge is 0.352 e. The first kappa shape index (κ1) is 14.6. The topological polar surface area (TPSA) is 20.2 Å². The lowest BCUT2D eigenvalue weighted by molar-refractivity contribution is 0.193. The Kier molecular flexibility index (Phi) is 5.06. The minimum absolute atomic E-state index is 0.930. The zero-order chi connectivity index (χ0) is 13.8. The number of aromatic nitrogens is 1. The molecule has 2 heterocycles. The Bertz CT molecular complexity index is 400. The van der Waals surface area contributed by atoms with E-state index in [1.165, 1.54) is 49.4 Å². The van der Waals surface area contributed by atoms with Crippen molar-refractivity contribution in [1.82, 2.24) is 14.8 Å². The van der Waals surface area contributed by atoms with Crippen LogP contribution >= 0.6 is 0 Å². The van der Waals surface area contributed by atoms with Crippen LogP contribution in [0.15, 0.2) is 6.07 Å². The van der Waals surface area contributed by atoms with E-state index in [4.69, 9.17) is 0 Å². The number of hydrogen-bond acceptors (Lipinski definition) is 2. The zero-order valence-corrected chi connectivity index (χ0v) is 13.0. The van der Waals surface area contributed by atoms with Crippen molar-refractivity contribution in [3.05, 3.63) is 23.0 Å². The maximum Gasteiger partial charge on any atom is 0.0223 e. The van der Waals surface area contributed by atoms with E-state index in [0.29, 0.717) is 0 Å². The Morgan fingerprint density at radius 2 is 1.95 bits per heavy atom. The Labute approximate surface area is 118 Å². The van der Waals surface area contributed by atoms with Crippen LogP contribution in [-0.4, -0.2) is 35.6 Å². The van der Waals surface area contributed by atoms with Crippen LogP contribution in [0.25, 0.3) is 0 Å². The summed E-state index contributed by atoms with van der Waals surface area (Å²) < 4.78 is 2.27. The Morgan fingerprint density at radius 1 is 1.26 bits per heavy atom. The van der Waals surface area contributed by atoms with E-state index < -0.39 is 0 Å². The molecule has 0 radical (unpaired) electrons. The minimum Gasteiger partial charge on any atom is -0.352 e. The van der Waals surface area contributed by atoms with E-state index in [9.17, 15) is 0 Å². The lowest BCUT2D eigenvalue weighted by atomic mass is 9.99. The predicted octanol–water partition coefficient (Wildman–Crippen LogP) is 2.46. The fourth-order valence-corrected chi connectivity index (χ4v) is 2.86. The van der Waals surface area contributed by atoms with E-state index >= 15 is 0 Å². The van der Waals surface area contributed by atoms with Crippen molar-refractivity contribution >= 4 is 0 Å². The highest BCUT2D eigenvalue weighted by Crippen LogP contribution is 2.15. The molecule has 2 rings (SSSR count). The molecule has 1 aromatic heterocycles. The molecule has 1 aliphatic heterocycles. The van der Waals surface area contributed by atoms with Gasteiger partial charge in [0.15, 0.2) is 0 Å². The first-order valence-corrected chi connectivity index (χ1v) is 7.62. The van der Waals surface area contributed by atoms with Crippen molar-refractivity contribution in [3.8, 4) is 0 Å². The van der Waals surface area contributed by atoms with Gasteiger partial charge in [0.1, 0.15) is 0 Å². The summed E-state index contributed by atoms with van der Waals surface area (Å²) in [5.74, 6) is 0.930. The van der Waals surface area contributed by atoms with Gasteiger partial charge in [-0.3, -0.25) is 0 Å². The molecule has 1 N–H and O–H groups in total. The lowest BCUT2D eigenvalue weighted by Gasteiger charge is -2.30. The molecular weight excluding hydrogens is 234 g/mol. The summed E-state index contributed by atoms with van der Waals surface area (Å²) in [6.45, 7) is 12.6. The van der Waals surface area contributed by atoms with Crippen molar-refractivity contribution in [2.24, 2.45) is 13.0 Å². The van der Waals surface area contributed by atoms with Gasteiger partial charge in [-0.05, 0) is 57.3 Å². The zero-order valence-electron chi connectivity index (χ0n) is 13.0. The van der Waals surface area contributed by atoms with Crippen LogP contribution in [0.5, 0.6) is 0 Å². The number of piperidine rings is 1. The van der Waals surface area contributed by atoms with Gasteiger partial charge in [-0.2, -0.15) is 0 Å². The van der Waals surface area contributed by atoms with Gasteiger partial charge in [0.2, 0.25) is 0 Å². The molecule has 0 bridgehead atoms. The van der Waals surface area contributed by atoms with Crippen LogP contribution in [0.3, 0.4) is 0 Å². The quantitative estimate of drug-likeness (QED) is 0.824. The third kappa shape index (κ3) is 3.83. The third-order valence-corrected chi connectivity index (χ3v) is 4.68. The fraction of sp³-hybridized carbons (Fsp3) is 0.750. The van der Waals surface area contributed by atoms with Crippen molar-refractivity contribution in [3.63, 3.8) is 0 Å². The maximum atomic E-state index is 3.59. The standard InChI is InChI=1S/C16H29N3/c1-13-5-8-19(9-6-13)10-7-17-12-16-11-14(2)18(4)15(16)3/h11,13,17H,5-10,12H2,1-4H3. The molecule has 1 saturated heterocycles. The SMILES string of the molecule is Cc1cc(CNCCN2CCC(C)CC2)c(C)n1C. The molecule has 3 heteroatoms. The lowest BCUT2D eigenvalue weighted by Crippen LogP contribution is -2.37. The molecule has 108 valence electrons. The van der Waals surface area contributed by atoms with E-state index in [2.05, 4.69) is 48.7 Å². The van der Waals surface area contributed by atoms with Crippen LogP contribution < -0.4 is 5.32 Å². The molecule has 0 amide bonds. The summed E-state index contributed by atoms with van der Waals surface area (Å²) >= 11 is 0.